The summed E-state index contributed by atoms with van der Waals surface area (Å²) in [5.74, 6) is 2.06. The van der Waals surface area contributed by atoms with E-state index < -0.39 is 0 Å². The summed E-state index contributed by atoms with van der Waals surface area (Å²) in [6, 6.07) is 0.0462. The minimum absolute atomic E-state index is 0.0462. The van der Waals surface area contributed by atoms with E-state index in [9.17, 15) is 0 Å². The van der Waals surface area contributed by atoms with Gasteiger partial charge in [-0.3, -0.25) is 0 Å². The summed E-state index contributed by atoms with van der Waals surface area (Å²) in [5.41, 5.74) is 6.18. The molecule has 1 aromatic heterocycles. The molecule has 0 saturated carbocycles. The summed E-state index contributed by atoms with van der Waals surface area (Å²) < 4.78 is 2.11. The average Bonchev–Trinajstić information content (AvgIpc) is 2.62. The molecule has 1 aromatic rings. The van der Waals surface area contributed by atoms with Crippen molar-refractivity contribution in [3.8, 4) is 0 Å². The van der Waals surface area contributed by atoms with E-state index in [4.69, 9.17) is 5.73 Å². The molecule has 0 aliphatic carbocycles. The summed E-state index contributed by atoms with van der Waals surface area (Å²) in [6.07, 6.45) is 3.81. The van der Waals surface area contributed by atoms with Crippen LogP contribution >= 0.6 is 0 Å². The highest BCUT2D eigenvalue weighted by molar-refractivity contribution is 5.00. The molecule has 3 heteroatoms. The van der Waals surface area contributed by atoms with Crippen LogP contribution in [-0.2, 0) is 6.54 Å². The van der Waals surface area contributed by atoms with Crippen LogP contribution in [0.5, 0.6) is 0 Å². The Morgan fingerprint density at radius 1 is 1.43 bits per heavy atom. The van der Waals surface area contributed by atoms with Crippen molar-refractivity contribution in [2.45, 2.75) is 40.3 Å². The largest absolute Gasteiger partial charge is 0.334 e. The van der Waals surface area contributed by atoms with Gasteiger partial charge >= 0.3 is 0 Å². The van der Waals surface area contributed by atoms with Gasteiger partial charge < -0.3 is 10.3 Å². The molecular weight excluding hydrogens is 174 g/mol. The normalized spacial score (nSPS) is 15.9. The van der Waals surface area contributed by atoms with Gasteiger partial charge in [0.2, 0.25) is 0 Å². The van der Waals surface area contributed by atoms with E-state index in [1.54, 1.807) is 0 Å². The number of hydrogen-bond donors (Lipinski definition) is 1. The van der Waals surface area contributed by atoms with Crippen molar-refractivity contribution < 1.29 is 0 Å². The fourth-order valence-electron chi connectivity index (χ4n) is 1.54. The molecule has 0 spiro atoms. The predicted octanol–water partition coefficient (Wildman–Crippen LogP) is 2.19. The molecule has 1 heterocycles. The van der Waals surface area contributed by atoms with E-state index in [-0.39, 0.29) is 6.04 Å². The number of nitrogens with two attached hydrogens (primary N) is 1. The van der Waals surface area contributed by atoms with Crippen LogP contribution in [0.3, 0.4) is 0 Å². The Kier molecular flexibility index (Phi) is 3.69. The highest BCUT2D eigenvalue weighted by Crippen LogP contribution is 2.24. The second kappa shape index (κ2) is 4.60. The van der Waals surface area contributed by atoms with Gasteiger partial charge in [-0.1, -0.05) is 20.8 Å². The molecule has 2 N–H and O–H groups in total. The fraction of sp³-hybridized carbons (Fsp3) is 0.727. The van der Waals surface area contributed by atoms with Crippen molar-refractivity contribution in [1.29, 1.82) is 0 Å². The number of nitrogens with zero attached hydrogens (tertiary/aromatic N) is 2. The first-order valence-electron chi connectivity index (χ1n) is 5.34. The lowest BCUT2D eigenvalue weighted by Crippen LogP contribution is -2.26. The van der Waals surface area contributed by atoms with Crippen LogP contribution in [-0.4, -0.2) is 9.55 Å². The highest BCUT2D eigenvalue weighted by Gasteiger charge is 2.21. The summed E-state index contributed by atoms with van der Waals surface area (Å²) in [4.78, 5) is 4.33. The van der Waals surface area contributed by atoms with E-state index >= 15 is 0 Å². The van der Waals surface area contributed by atoms with Crippen molar-refractivity contribution in [1.82, 2.24) is 9.55 Å². The monoisotopic (exact) mass is 195 g/mol. The lowest BCUT2D eigenvalue weighted by Gasteiger charge is -2.23. The second-order valence-electron chi connectivity index (χ2n) is 4.20. The molecule has 0 aliphatic rings. The average molecular weight is 195 g/mol. The smallest absolute Gasteiger partial charge is 0.125 e. The lowest BCUT2D eigenvalue weighted by atomic mass is 9.90. The van der Waals surface area contributed by atoms with Crippen LogP contribution in [0, 0.1) is 11.8 Å². The van der Waals surface area contributed by atoms with Gasteiger partial charge in [-0.2, -0.15) is 0 Å². The topological polar surface area (TPSA) is 43.8 Å². The van der Waals surface area contributed by atoms with Gasteiger partial charge in [0.15, 0.2) is 0 Å². The van der Waals surface area contributed by atoms with Crippen molar-refractivity contribution >= 4 is 0 Å². The number of imidazole rings is 1. The molecule has 2 unspecified atom stereocenters. The van der Waals surface area contributed by atoms with Crippen LogP contribution in [0.4, 0.5) is 0 Å². The lowest BCUT2D eigenvalue weighted by molar-refractivity contribution is 0.335. The second-order valence-corrected chi connectivity index (χ2v) is 4.20. The highest BCUT2D eigenvalue weighted by atomic mass is 15.1. The Morgan fingerprint density at radius 3 is 2.57 bits per heavy atom. The summed E-state index contributed by atoms with van der Waals surface area (Å²) in [5, 5.41) is 0. The van der Waals surface area contributed by atoms with Crippen LogP contribution in [0.15, 0.2) is 12.4 Å². The van der Waals surface area contributed by atoms with Gasteiger partial charge in [0.25, 0.3) is 0 Å². The van der Waals surface area contributed by atoms with Crippen LogP contribution in [0.2, 0.25) is 0 Å². The van der Waals surface area contributed by atoms with Crippen LogP contribution in [0.25, 0.3) is 0 Å². The predicted molar refractivity (Wildman–Crippen MR) is 58.8 cm³/mol. The van der Waals surface area contributed by atoms with Gasteiger partial charge in [0.05, 0.1) is 6.04 Å². The van der Waals surface area contributed by atoms with Gasteiger partial charge in [-0.15, -0.1) is 0 Å². The van der Waals surface area contributed by atoms with Crippen molar-refractivity contribution in [3.63, 3.8) is 0 Å². The number of rotatable bonds is 4. The summed E-state index contributed by atoms with van der Waals surface area (Å²) in [7, 11) is 0. The number of aromatic nitrogens is 2. The first-order chi connectivity index (χ1) is 6.57. The van der Waals surface area contributed by atoms with Crippen molar-refractivity contribution in [3.05, 3.63) is 18.2 Å². The molecule has 0 aromatic carbocycles. The maximum atomic E-state index is 6.18. The molecular formula is C11H21N3. The fourth-order valence-corrected chi connectivity index (χ4v) is 1.54. The third-order valence-corrected chi connectivity index (χ3v) is 3.00. The quantitative estimate of drug-likeness (QED) is 0.800. The third kappa shape index (κ3) is 2.15. The maximum Gasteiger partial charge on any atom is 0.125 e. The maximum absolute atomic E-state index is 6.18. The zero-order valence-corrected chi connectivity index (χ0v) is 9.57. The van der Waals surface area contributed by atoms with Gasteiger partial charge in [0.1, 0.15) is 5.82 Å². The standard InChI is InChI=1S/C11H21N3/c1-5-14-7-6-13-11(14)10(12)9(4)8(2)3/h6-10H,5,12H2,1-4H3. The van der Waals surface area contributed by atoms with E-state index in [1.165, 1.54) is 0 Å². The minimum Gasteiger partial charge on any atom is -0.334 e. The molecule has 0 fully saturated rings. The first kappa shape index (κ1) is 11.2. The number of aryl methyl sites for hydroxylation is 1. The summed E-state index contributed by atoms with van der Waals surface area (Å²) in [6.45, 7) is 9.63. The van der Waals surface area contributed by atoms with E-state index in [0.717, 1.165) is 12.4 Å². The van der Waals surface area contributed by atoms with Crippen molar-refractivity contribution in [2.75, 3.05) is 0 Å². The molecule has 1 rings (SSSR count). The zero-order chi connectivity index (χ0) is 10.7. The van der Waals surface area contributed by atoms with Gasteiger partial charge in [-0.25, -0.2) is 4.98 Å². The molecule has 14 heavy (non-hydrogen) atoms. The minimum atomic E-state index is 0.0462. The first-order valence-corrected chi connectivity index (χ1v) is 5.34. The molecule has 0 radical (unpaired) electrons. The van der Waals surface area contributed by atoms with E-state index in [2.05, 4.69) is 37.2 Å². The van der Waals surface area contributed by atoms with E-state index in [0.29, 0.717) is 11.8 Å². The van der Waals surface area contributed by atoms with Gasteiger partial charge in [0, 0.05) is 18.9 Å². The molecule has 0 saturated heterocycles. The molecule has 0 aliphatic heterocycles. The Balaban J connectivity index is 2.83. The molecule has 2 atom stereocenters. The molecule has 80 valence electrons. The van der Waals surface area contributed by atoms with Crippen molar-refractivity contribution in [2.24, 2.45) is 17.6 Å². The zero-order valence-electron chi connectivity index (χ0n) is 9.57. The Hall–Kier alpha value is -0.830. The molecule has 0 amide bonds. The molecule has 3 nitrogen and oxygen atoms in total. The SMILES string of the molecule is CCn1ccnc1C(N)C(C)C(C)C. The van der Waals surface area contributed by atoms with Crippen LogP contribution < -0.4 is 5.73 Å². The Bertz CT molecular complexity index is 278. The van der Waals surface area contributed by atoms with Gasteiger partial charge in [-0.05, 0) is 18.8 Å². The Morgan fingerprint density at radius 2 is 2.07 bits per heavy atom. The Labute approximate surface area is 86.3 Å². The number of hydrogen-bond acceptors (Lipinski definition) is 2. The van der Waals surface area contributed by atoms with Crippen LogP contribution in [0.1, 0.15) is 39.6 Å². The third-order valence-electron chi connectivity index (χ3n) is 3.00. The van der Waals surface area contributed by atoms with E-state index in [1.807, 2.05) is 12.4 Å². The summed E-state index contributed by atoms with van der Waals surface area (Å²) >= 11 is 0. The molecule has 0 bridgehead atoms.